The van der Waals surface area contributed by atoms with Gasteiger partial charge in [-0.3, -0.25) is 4.79 Å². The molecule has 0 aromatic heterocycles. The molecule has 3 rings (SSSR count). The summed E-state index contributed by atoms with van der Waals surface area (Å²) in [4.78, 5) is 12.3. The van der Waals surface area contributed by atoms with E-state index in [9.17, 15) is 4.79 Å². The van der Waals surface area contributed by atoms with Gasteiger partial charge in [0.15, 0.2) is 5.75 Å². The first kappa shape index (κ1) is 16.5. The largest absolute Gasteiger partial charge is 0.455 e. The molecule has 1 fully saturated rings. The van der Waals surface area contributed by atoms with Gasteiger partial charge in [0, 0.05) is 13.1 Å². The SMILES string of the molecule is Cc1ccc(Oc2ccccc2NC(=O)C[C@H]2CNCCO2)cc1. The van der Waals surface area contributed by atoms with E-state index in [4.69, 9.17) is 9.47 Å². The van der Waals surface area contributed by atoms with E-state index in [0.29, 0.717) is 31.0 Å². The van der Waals surface area contributed by atoms with Crippen molar-refractivity contribution < 1.29 is 14.3 Å². The number of benzene rings is 2. The van der Waals surface area contributed by atoms with E-state index in [1.165, 1.54) is 5.56 Å². The van der Waals surface area contributed by atoms with Gasteiger partial charge in [-0.05, 0) is 31.2 Å². The lowest BCUT2D eigenvalue weighted by Crippen LogP contribution is -2.40. The molecule has 1 aliphatic rings. The molecule has 1 saturated heterocycles. The Hall–Kier alpha value is -2.37. The molecule has 0 unspecified atom stereocenters. The molecule has 2 aromatic carbocycles. The number of carbonyl (C=O) groups is 1. The Labute approximate surface area is 142 Å². The first-order chi connectivity index (χ1) is 11.7. The van der Waals surface area contributed by atoms with Crippen LogP contribution in [0.4, 0.5) is 5.69 Å². The van der Waals surface area contributed by atoms with Crippen LogP contribution in [0.5, 0.6) is 11.5 Å². The third-order valence-electron chi connectivity index (χ3n) is 3.83. The highest BCUT2D eigenvalue weighted by Gasteiger charge is 2.18. The molecule has 24 heavy (non-hydrogen) atoms. The zero-order valence-corrected chi connectivity index (χ0v) is 13.7. The summed E-state index contributed by atoms with van der Waals surface area (Å²) in [6, 6.07) is 15.2. The minimum absolute atomic E-state index is 0.0797. The molecule has 1 amide bonds. The Morgan fingerprint density at radius 3 is 2.79 bits per heavy atom. The number of para-hydroxylation sites is 2. The van der Waals surface area contributed by atoms with Crippen LogP contribution >= 0.6 is 0 Å². The van der Waals surface area contributed by atoms with Crippen molar-refractivity contribution in [1.82, 2.24) is 5.32 Å². The molecule has 0 bridgehead atoms. The summed E-state index contributed by atoms with van der Waals surface area (Å²) in [6.45, 7) is 4.21. The summed E-state index contributed by atoms with van der Waals surface area (Å²) in [5.41, 5.74) is 1.83. The average molecular weight is 326 g/mol. The minimum Gasteiger partial charge on any atom is -0.455 e. The quantitative estimate of drug-likeness (QED) is 0.886. The molecule has 1 aliphatic heterocycles. The lowest BCUT2D eigenvalue weighted by molar-refractivity contribution is -0.119. The molecule has 126 valence electrons. The first-order valence-electron chi connectivity index (χ1n) is 8.16. The van der Waals surface area contributed by atoms with Crippen LogP contribution in [0, 0.1) is 6.92 Å². The second-order valence-corrected chi connectivity index (χ2v) is 5.86. The van der Waals surface area contributed by atoms with Crippen LogP contribution in [0.1, 0.15) is 12.0 Å². The van der Waals surface area contributed by atoms with Gasteiger partial charge in [0.05, 0.1) is 24.8 Å². The summed E-state index contributed by atoms with van der Waals surface area (Å²) in [7, 11) is 0. The van der Waals surface area contributed by atoms with Gasteiger partial charge in [-0.15, -0.1) is 0 Å². The molecule has 2 aromatic rings. The Morgan fingerprint density at radius 1 is 1.25 bits per heavy atom. The Kier molecular flexibility index (Phi) is 5.46. The maximum atomic E-state index is 12.3. The number of anilines is 1. The number of aryl methyl sites for hydroxylation is 1. The van der Waals surface area contributed by atoms with Crippen molar-refractivity contribution in [3.05, 3.63) is 54.1 Å². The van der Waals surface area contributed by atoms with Gasteiger partial charge in [-0.2, -0.15) is 0 Å². The monoisotopic (exact) mass is 326 g/mol. The zero-order chi connectivity index (χ0) is 16.8. The van der Waals surface area contributed by atoms with Gasteiger partial charge in [0.25, 0.3) is 0 Å². The van der Waals surface area contributed by atoms with Gasteiger partial charge in [0.2, 0.25) is 5.91 Å². The van der Waals surface area contributed by atoms with E-state index in [2.05, 4.69) is 10.6 Å². The van der Waals surface area contributed by atoms with Crippen LogP contribution in [0.2, 0.25) is 0 Å². The smallest absolute Gasteiger partial charge is 0.227 e. The predicted molar refractivity (Wildman–Crippen MR) is 93.6 cm³/mol. The number of carbonyl (C=O) groups excluding carboxylic acids is 1. The highest BCUT2D eigenvalue weighted by atomic mass is 16.5. The summed E-state index contributed by atoms with van der Waals surface area (Å²) in [5.74, 6) is 1.28. The average Bonchev–Trinajstić information content (AvgIpc) is 2.59. The van der Waals surface area contributed by atoms with Crippen LogP contribution in [0.3, 0.4) is 0 Å². The van der Waals surface area contributed by atoms with Gasteiger partial charge in [-0.25, -0.2) is 0 Å². The Bertz CT molecular complexity index is 679. The third-order valence-corrected chi connectivity index (χ3v) is 3.83. The number of hydrogen-bond acceptors (Lipinski definition) is 4. The maximum Gasteiger partial charge on any atom is 0.227 e. The van der Waals surface area contributed by atoms with E-state index in [1.807, 2.05) is 55.5 Å². The molecule has 1 heterocycles. The molecule has 2 N–H and O–H groups in total. The second kappa shape index (κ2) is 7.95. The highest BCUT2D eigenvalue weighted by molar-refractivity contribution is 5.92. The fourth-order valence-electron chi connectivity index (χ4n) is 2.55. The number of rotatable bonds is 5. The minimum atomic E-state index is -0.0799. The molecular formula is C19H22N2O3. The van der Waals surface area contributed by atoms with Gasteiger partial charge in [0.1, 0.15) is 5.75 Å². The van der Waals surface area contributed by atoms with E-state index in [-0.39, 0.29) is 12.0 Å². The van der Waals surface area contributed by atoms with Crippen molar-refractivity contribution >= 4 is 11.6 Å². The molecule has 0 radical (unpaired) electrons. The molecule has 5 nitrogen and oxygen atoms in total. The molecule has 0 aliphatic carbocycles. The second-order valence-electron chi connectivity index (χ2n) is 5.86. The number of hydrogen-bond donors (Lipinski definition) is 2. The predicted octanol–water partition coefficient (Wildman–Crippen LogP) is 3.10. The third kappa shape index (κ3) is 4.57. The van der Waals surface area contributed by atoms with Crippen LogP contribution in [-0.4, -0.2) is 31.7 Å². The lowest BCUT2D eigenvalue weighted by atomic mass is 10.2. The zero-order valence-electron chi connectivity index (χ0n) is 13.7. The van der Waals surface area contributed by atoms with Gasteiger partial charge >= 0.3 is 0 Å². The van der Waals surface area contributed by atoms with E-state index in [0.717, 1.165) is 12.3 Å². The summed E-state index contributed by atoms with van der Waals surface area (Å²) in [6.07, 6.45) is 0.246. The van der Waals surface area contributed by atoms with Crippen LogP contribution in [-0.2, 0) is 9.53 Å². The van der Waals surface area contributed by atoms with Crippen LogP contribution < -0.4 is 15.4 Å². The maximum absolute atomic E-state index is 12.3. The molecular weight excluding hydrogens is 304 g/mol. The van der Waals surface area contributed by atoms with Crippen molar-refractivity contribution in [2.24, 2.45) is 0 Å². The topological polar surface area (TPSA) is 59.6 Å². The van der Waals surface area contributed by atoms with Crippen LogP contribution in [0.25, 0.3) is 0 Å². The molecule has 1 atom stereocenters. The van der Waals surface area contributed by atoms with Crippen molar-refractivity contribution in [3.8, 4) is 11.5 Å². The summed E-state index contributed by atoms with van der Waals surface area (Å²) in [5, 5.41) is 6.14. The Balaban J connectivity index is 1.64. The lowest BCUT2D eigenvalue weighted by Gasteiger charge is -2.23. The van der Waals surface area contributed by atoms with Crippen molar-refractivity contribution in [1.29, 1.82) is 0 Å². The van der Waals surface area contributed by atoms with E-state index in [1.54, 1.807) is 0 Å². The van der Waals surface area contributed by atoms with Crippen molar-refractivity contribution in [2.45, 2.75) is 19.4 Å². The Morgan fingerprint density at radius 2 is 2.04 bits per heavy atom. The van der Waals surface area contributed by atoms with Gasteiger partial charge in [-0.1, -0.05) is 29.8 Å². The number of ether oxygens (including phenoxy) is 2. The number of morpholine rings is 1. The normalized spacial score (nSPS) is 17.3. The standard InChI is InChI=1S/C19H22N2O3/c1-14-6-8-15(9-7-14)24-18-5-3-2-4-17(18)21-19(22)12-16-13-20-10-11-23-16/h2-9,16,20H,10-13H2,1H3,(H,21,22)/t16-/m0/s1. The first-order valence-corrected chi connectivity index (χ1v) is 8.16. The molecule has 5 heteroatoms. The molecule has 0 spiro atoms. The number of amides is 1. The van der Waals surface area contributed by atoms with Gasteiger partial charge < -0.3 is 20.1 Å². The van der Waals surface area contributed by atoms with Crippen LogP contribution in [0.15, 0.2) is 48.5 Å². The summed E-state index contributed by atoms with van der Waals surface area (Å²) < 4.78 is 11.5. The van der Waals surface area contributed by atoms with E-state index < -0.39 is 0 Å². The summed E-state index contributed by atoms with van der Waals surface area (Å²) >= 11 is 0. The fraction of sp³-hybridized carbons (Fsp3) is 0.316. The molecule has 0 saturated carbocycles. The van der Waals surface area contributed by atoms with E-state index >= 15 is 0 Å². The number of nitrogens with one attached hydrogen (secondary N) is 2. The fourth-order valence-corrected chi connectivity index (χ4v) is 2.55. The highest BCUT2D eigenvalue weighted by Crippen LogP contribution is 2.29. The van der Waals surface area contributed by atoms with Crippen molar-refractivity contribution in [2.75, 3.05) is 25.0 Å². The van der Waals surface area contributed by atoms with Crippen molar-refractivity contribution in [3.63, 3.8) is 0 Å².